The van der Waals surface area contributed by atoms with Crippen molar-refractivity contribution in [1.29, 1.82) is 0 Å². The molecular formula is C20H17ClN4O3S. The first-order valence-corrected chi connectivity index (χ1v) is 10.2. The van der Waals surface area contributed by atoms with Crippen LogP contribution in [0.15, 0.2) is 73.9 Å². The Balaban J connectivity index is 1.48. The van der Waals surface area contributed by atoms with Crippen molar-refractivity contribution in [3.8, 4) is 17.3 Å². The fourth-order valence-corrected chi connectivity index (χ4v) is 3.23. The third-order valence-electron chi connectivity index (χ3n) is 3.80. The number of rotatable bonds is 8. The van der Waals surface area contributed by atoms with E-state index in [2.05, 4.69) is 15.3 Å². The van der Waals surface area contributed by atoms with E-state index in [-0.39, 0.29) is 0 Å². The fraction of sp³-hybridized carbons (Fsp3) is 0.150. The Morgan fingerprint density at radius 2 is 2.03 bits per heavy atom. The van der Waals surface area contributed by atoms with Crippen LogP contribution in [-0.4, -0.2) is 26.8 Å². The Kier molecular flexibility index (Phi) is 6.02. The van der Waals surface area contributed by atoms with Gasteiger partial charge in [0.25, 0.3) is 0 Å². The van der Waals surface area contributed by atoms with Gasteiger partial charge < -0.3 is 13.6 Å². The maximum atomic E-state index is 5.88. The minimum absolute atomic E-state index is 0.302. The lowest BCUT2D eigenvalue weighted by Crippen LogP contribution is -1.96. The van der Waals surface area contributed by atoms with Crippen molar-refractivity contribution in [3.05, 3.63) is 71.3 Å². The summed E-state index contributed by atoms with van der Waals surface area (Å²) in [4.78, 5) is 0. The summed E-state index contributed by atoms with van der Waals surface area (Å²) in [7, 11) is 0. The van der Waals surface area contributed by atoms with Gasteiger partial charge in [0.15, 0.2) is 5.76 Å². The van der Waals surface area contributed by atoms with Gasteiger partial charge >= 0.3 is 0 Å². The number of hydrogen-bond donors (Lipinski definition) is 0. The van der Waals surface area contributed by atoms with Gasteiger partial charge in [0, 0.05) is 5.02 Å². The molecule has 0 atom stereocenters. The van der Waals surface area contributed by atoms with Gasteiger partial charge in [0.1, 0.15) is 23.9 Å². The minimum Gasteiger partial charge on any atom is -0.486 e. The molecule has 148 valence electrons. The number of halogens is 1. The summed E-state index contributed by atoms with van der Waals surface area (Å²) in [6.07, 6.45) is 3.20. The van der Waals surface area contributed by atoms with Crippen LogP contribution in [0, 0.1) is 0 Å². The van der Waals surface area contributed by atoms with Gasteiger partial charge in [-0.25, -0.2) is 0 Å². The van der Waals surface area contributed by atoms with Gasteiger partial charge in [-0.05, 0) is 54.3 Å². The number of benzene rings is 1. The number of ether oxygens (including phenoxy) is 1. The third-order valence-corrected chi connectivity index (χ3v) is 4.86. The van der Waals surface area contributed by atoms with Crippen LogP contribution in [0.1, 0.15) is 18.4 Å². The highest BCUT2D eigenvalue weighted by atomic mass is 35.5. The molecule has 0 saturated heterocycles. The summed E-state index contributed by atoms with van der Waals surface area (Å²) in [5, 5.41) is 14.2. The molecule has 0 saturated carbocycles. The molecule has 4 rings (SSSR count). The summed E-state index contributed by atoms with van der Waals surface area (Å²) >= 11 is 7.42. The van der Waals surface area contributed by atoms with Gasteiger partial charge in [-0.3, -0.25) is 0 Å². The quantitative estimate of drug-likeness (QED) is 0.278. The monoisotopic (exact) mass is 428 g/mol. The molecule has 0 N–H and O–H groups in total. The van der Waals surface area contributed by atoms with Crippen molar-refractivity contribution >= 4 is 29.6 Å². The highest BCUT2D eigenvalue weighted by Gasteiger charge is 2.15. The molecule has 0 bridgehead atoms. The minimum atomic E-state index is 0.302. The van der Waals surface area contributed by atoms with Gasteiger partial charge in [0.2, 0.25) is 11.0 Å². The molecular weight excluding hydrogens is 412 g/mol. The van der Waals surface area contributed by atoms with Crippen molar-refractivity contribution in [2.24, 2.45) is 5.10 Å². The van der Waals surface area contributed by atoms with E-state index in [0.29, 0.717) is 39.9 Å². The lowest BCUT2D eigenvalue weighted by Gasteiger charge is -2.03. The number of hydrogen-bond acceptors (Lipinski definition) is 7. The molecule has 4 aromatic rings. The molecule has 9 heteroatoms. The molecule has 3 aromatic heterocycles. The van der Waals surface area contributed by atoms with E-state index in [9.17, 15) is 0 Å². The van der Waals surface area contributed by atoms with Crippen molar-refractivity contribution < 1.29 is 13.6 Å². The number of nitrogens with zero attached hydrogens (tertiary/aromatic N) is 4. The van der Waals surface area contributed by atoms with E-state index in [0.717, 1.165) is 11.5 Å². The van der Waals surface area contributed by atoms with Crippen molar-refractivity contribution in [1.82, 2.24) is 14.9 Å². The molecule has 0 spiro atoms. The lowest BCUT2D eigenvalue weighted by molar-refractivity contribution is 0.270. The Labute approximate surface area is 176 Å². The number of furan rings is 2. The van der Waals surface area contributed by atoms with E-state index in [1.54, 1.807) is 47.1 Å². The third kappa shape index (κ3) is 4.72. The number of aromatic nitrogens is 3. The first-order valence-electron chi connectivity index (χ1n) is 8.86. The zero-order chi connectivity index (χ0) is 20.1. The molecule has 0 aliphatic rings. The lowest BCUT2D eigenvalue weighted by atomic mass is 10.3. The summed E-state index contributed by atoms with van der Waals surface area (Å²) in [6, 6.07) is 14.5. The van der Waals surface area contributed by atoms with Gasteiger partial charge in [-0.1, -0.05) is 30.3 Å². The Morgan fingerprint density at radius 3 is 2.79 bits per heavy atom. The first-order chi connectivity index (χ1) is 14.2. The van der Waals surface area contributed by atoms with Crippen LogP contribution >= 0.6 is 23.4 Å². The first kappa shape index (κ1) is 19.4. The summed E-state index contributed by atoms with van der Waals surface area (Å²) in [5.74, 6) is 3.95. The average molecular weight is 429 g/mol. The second-order valence-corrected chi connectivity index (χ2v) is 7.49. The molecule has 29 heavy (non-hydrogen) atoms. The largest absolute Gasteiger partial charge is 0.486 e. The zero-order valence-corrected chi connectivity index (χ0v) is 17.1. The normalized spacial score (nSPS) is 11.4. The van der Waals surface area contributed by atoms with E-state index in [4.69, 9.17) is 25.2 Å². The fourth-order valence-electron chi connectivity index (χ4n) is 2.49. The van der Waals surface area contributed by atoms with Crippen molar-refractivity contribution in [3.63, 3.8) is 0 Å². The van der Waals surface area contributed by atoms with Crippen LogP contribution < -0.4 is 4.74 Å². The summed E-state index contributed by atoms with van der Waals surface area (Å²) in [6.45, 7) is 2.34. The van der Waals surface area contributed by atoms with Crippen LogP contribution in [0.3, 0.4) is 0 Å². The van der Waals surface area contributed by atoms with E-state index >= 15 is 0 Å². The number of thioether (sulfide) groups is 1. The summed E-state index contributed by atoms with van der Waals surface area (Å²) < 4.78 is 18.5. The van der Waals surface area contributed by atoms with Crippen LogP contribution in [0.25, 0.3) is 11.6 Å². The topological polar surface area (TPSA) is 78.6 Å². The maximum absolute atomic E-state index is 5.88. The second kappa shape index (κ2) is 9.02. The van der Waals surface area contributed by atoms with Gasteiger partial charge in [-0.15, -0.1) is 10.2 Å². The standard InChI is InChI=1S/C20H17ClN4O3S/c1-2-29-20-24-23-19(18-4-3-11-26-18)25(20)22-12-16-9-10-17(28-16)13-27-15-7-5-14(21)6-8-15/h3-12H,2,13H2,1H3. The SMILES string of the molecule is CCSc1nnc(-c2ccco2)n1N=Cc1ccc(COc2ccc(Cl)cc2)o1. The smallest absolute Gasteiger partial charge is 0.221 e. The molecule has 7 nitrogen and oxygen atoms in total. The Morgan fingerprint density at radius 1 is 1.17 bits per heavy atom. The van der Waals surface area contributed by atoms with Crippen molar-refractivity contribution in [2.45, 2.75) is 18.7 Å². The van der Waals surface area contributed by atoms with Crippen molar-refractivity contribution in [2.75, 3.05) is 5.75 Å². The Hall–Kier alpha value is -2.97. The van der Waals surface area contributed by atoms with Crippen LogP contribution in [0.4, 0.5) is 0 Å². The van der Waals surface area contributed by atoms with Crippen LogP contribution in [0.5, 0.6) is 5.75 Å². The average Bonchev–Trinajstić information content (AvgIpc) is 3.47. The molecule has 0 unspecified atom stereocenters. The Bertz CT molecular complexity index is 1090. The van der Waals surface area contributed by atoms with E-state index in [1.807, 2.05) is 37.3 Å². The maximum Gasteiger partial charge on any atom is 0.221 e. The highest BCUT2D eigenvalue weighted by Crippen LogP contribution is 2.24. The molecule has 0 fully saturated rings. The van der Waals surface area contributed by atoms with E-state index in [1.165, 1.54) is 0 Å². The zero-order valence-electron chi connectivity index (χ0n) is 15.5. The van der Waals surface area contributed by atoms with Gasteiger partial charge in [0.05, 0.1) is 12.5 Å². The molecule has 0 amide bonds. The molecule has 0 aliphatic carbocycles. The van der Waals surface area contributed by atoms with Gasteiger partial charge in [-0.2, -0.15) is 9.78 Å². The summed E-state index contributed by atoms with van der Waals surface area (Å²) in [5.41, 5.74) is 0. The molecule has 0 radical (unpaired) electrons. The second-order valence-electron chi connectivity index (χ2n) is 5.82. The molecule has 1 aromatic carbocycles. The van der Waals surface area contributed by atoms with Crippen LogP contribution in [0.2, 0.25) is 5.02 Å². The van der Waals surface area contributed by atoms with Crippen LogP contribution in [-0.2, 0) is 6.61 Å². The highest BCUT2D eigenvalue weighted by molar-refractivity contribution is 7.99. The predicted octanol–water partition coefficient (Wildman–Crippen LogP) is 5.36. The molecule has 0 aliphatic heterocycles. The molecule has 3 heterocycles. The predicted molar refractivity (Wildman–Crippen MR) is 112 cm³/mol. The van der Waals surface area contributed by atoms with E-state index < -0.39 is 0 Å².